The molecule has 1 unspecified atom stereocenters. The monoisotopic (exact) mass is 396 g/mol. The number of rotatable bonds is 16. The van der Waals surface area contributed by atoms with E-state index in [1.807, 2.05) is 6.92 Å². The van der Waals surface area contributed by atoms with Crippen LogP contribution >= 0.6 is 7.82 Å². The molecule has 5 heteroatoms. The second kappa shape index (κ2) is 18.2. The summed E-state index contributed by atoms with van der Waals surface area (Å²) in [5.74, 6) is 0.180. The van der Waals surface area contributed by atoms with Crippen LogP contribution in [0.1, 0.15) is 65.2 Å². The van der Waals surface area contributed by atoms with Gasteiger partial charge >= 0.3 is 7.82 Å². The largest absolute Gasteiger partial charge is 0.469 e. The molecular weight excluding hydrogens is 359 g/mol. The third-order valence-corrected chi connectivity index (χ3v) is 4.44. The van der Waals surface area contributed by atoms with Gasteiger partial charge in [-0.05, 0) is 50.9 Å². The van der Waals surface area contributed by atoms with Gasteiger partial charge in [0.15, 0.2) is 0 Å². The van der Waals surface area contributed by atoms with Crippen molar-refractivity contribution in [3.8, 4) is 0 Å². The Bertz CT molecular complexity index is 526. The van der Waals surface area contributed by atoms with Crippen molar-refractivity contribution in [3.05, 3.63) is 60.8 Å². The predicted octanol–water partition coefficient (Wildman–Crippen LogP) is 6.65. The lowest BCUT2D eigenvalue weighted by Gasteiger charge is -2.14. The smallest absolute Gasteiger partial charge is 0.303 e. The second-order valence-electron chi connectivity index (χ2n) is 6.35. The van der Waals surface area contributed by atoms with E-state index in [0.717, 1.165) is 51.4 Å². The van der Waals surface area contributed by atoms with E-state index >= 15 is 0 Å². The summed E-state index contributed by atoms with van der Waals surface area (Å²) in [5, 5.41) is 0. The lowest BCUT2D eigenvalue weighted by molar-refractivity contribution is 0.162. The Morgan fingerprint density at radius 1 is 0.778 bits per heavy atom. The fourth-order valence-corrected chi connectivity index (χ4v) is 2.71. The van der Waals surface area contributed by atoms with Crippen LogP contribution in [0, 0.1) is 5.92 Å². The molecule has 0 aliphatic carbocycles. The Balaban J connectivity index is 3.70. The summed E-state index contributed by atoms with van der Waals surface area (Å²) < 4.78 is 15.3. The van der Waals surface area contributed by atoms with Crippen LogP contribution in [0.15, 0.2) is 60.8 Å². The van der Waals surface area contributed by atoms with Crippen LogP contribution in [-0.4, -0.2) is 16.4 Å². The Labute approximate surface area is 165 Å². The molecule has 0 saturated heterocycles. The van der Waals surface area contributed by atoms with E-state index in [4.69, 9.17) is 9.79 Å². The molecule has 27 heavy (non-hydrogen) atoms. The second-order valence-corrected chi connectivity index (χ2v) is 7.59. The molecule has 0 amide bonds. The number of phosphoric ester groups is 1. The standard InChI is InChI=1S/C22H37O4P/c1-3-5-6-7-8-9-10-11-12-13-14-15-16-17-18-19-20-22(4-2)21-26-27(23,24)25/h5-6,8-9,11-12,14-15,17-18,22H,3-4,7,10,13,16,19-21H2,1-2H3,(H2,23,24,25). The average Bonchev–Trinajstić information content (AvgIpc) is 2.63. The molecule has 4 nitrogen and oxygen atoms in total. The molecule has 0 aromatic heterocycles. The quantitative estimate of drug-likeness (QED) is 0.226. The highest BCUT2D eigenvalue weighted by atomic mass is 31.2. The molecular formula is C22H37O4P. The molecule has 0 spiro atoms. The van der Waals surface area contributed by atoms with Crippen LogP contribution in [0.3, 0.4) is 0 Å². The van der Waals surface area contributed by atoms with Crippen LogP contribution in [0.25, 0.3) is 0 Å². The zero-order chi connectivity index (χ0) is 20.2. The van der Waals surface area contributed by atoms with Gasteiger partial charge in [-0.15, -0.1) is 0 Å². The minimum Gasteiger partial charge on any atom is -0.303 e. The molecule has 0 saturated carbocycles. The topological polar surface area (TPSA) is 66.8 Å². The Kier molecular flexibility index (Phi) is 17.4. The molecule has 2 N–H and O–H groups in total. The normalized spacial score (nSPS) is 14.7. The summed E-state index contributed by atoms with van der Waals surface area (Å²) in [7, 11) is -4.35. The maximum Gasteiger partial charge on any atom is 0.469 e. The van der Waals surface area contributed by atoms with Gasteiger partial charge in [0.05, 0.1) is 6.61 Å². The van der Waals surface area contributed by atoms with E-state index in [9.17, 15) is 4.57 Å². The SMILES string of the molecule is CCC=CCC=CCC=CCC=CCC=CCCC(CC)COP(=O)(O)O. The first kappa shape index (κ1) is 25.8. The summed E-state index contributed by atoms with van der Waals surface area (Å²) in [6.45, 7) is 4.27. The highest BCUT2D eigenvalue weighted by Crippen LogP contribution is 2.36. The number of hydrogen-bond donors (Lipinski definition) is 2. The molecule has 1 atom stereocenters. The minimum atomic E-state index is -4.35. The summed E-state index contributed by atoms with van der Waals surface area (Å²) >= 11 is 0. The van der Waals surface area contributed by atoms with Gasteiger partial charge in [0.1, 0.15) is 0 Å². The van der Waals surface area contributed by atoms with Crippen molar-refractivity contribution in [2.24, 2.45) is 5.92 Å². The third kappa shape index (κ3) is 21.0. The van der Waals surface area contributed by atoms with Gasteiger partial charge in [0.2, 0.25) is 0 Å². The molecule has 0 fully saturated rings. The van der Waals surface area contributed by atoms with Crippen molar-refractivity contribution in [2.75, 3.05) is 6.61 Å². The predicted molar refractivity (Wildman–Crippen MR) is 115 cm³/mol. The molecule has 154 valence electrons. The Morgan fingerprint density at radius 3 is 1.63 bits per heavy atom. The van der Waals surface area contributed by atoms with Crippen molar-refractivity contribution in [1.29, 1.82) is 0 Å². The fourth-order valence-electron chi connectivity index (χ4n) is 2.31. The lowest BCUT2D eigenvalue weighted by Crippen LogP contribution is -2.07. The summed E-state index contributed by atoms with van der Waals surface area (Å²) in [6, 6.07) is 0. The highest BCUT2D eigenvalue weighted by molar-refractivity contribution is 7.46. The lowest BCUT2D eigenvalue weighted by atomic mass is 10.0. The molecule has 0 heterocycles. The third-order valence-electron chi connectivity index (χ3n) is 3.96. The Hall–Kier alpha value is -1.19. The highest BCUT2D eigenvalue weighted by Gasteiger charge is 2.16. The van der Waals surface area contributed by atoms with E-state index in [1.54, 1.807) is 0 Å². The summed E-state index contributed by atoms with van der Waals surface area (Å²) in [4.78, 5) is 17.5. The molecule has 0 aliphatic rings. The van der Waals surface area contributed by atoms with Gasteiger partial charge in [-0.3, -0.25) is 4.52 Å². The first-order chi connectivity index (χ1) is 13.0. The van der Waals surface area contributed by atoms with Gasteiger partial charge in [0.25, 0.3) is 0 Å². The van der Waals surface area contributed by atoms with Gasteiger partial charge in [-0.1, -0.05) is 81.0 Å². The molecule has 0 aliphatic heterocycles. The molecule has 0 aromatic rings. The van der Waals surface area contributed by atoms with E-state index in [2.05, 4.69) is 72.2 Å². The van der Waals surface area contributed by atoms with Crippen molar-refractivity contribution in [2.45, 2.75) is 65.2 Å². The molecule has 0 bridgehead atoms. The van der Waals surface area contributed by atoms with Gasteiger partial charge in [-0.2, -0.15) is 0 Å². The maximum atomic E-state index is 10.7. The van der Waals surface area contributed by atoms with E-state index in [-0.39, 0.29) is 12.5 Å². The van der Waals surface area contributed by atoms with Crippen molar-refractivity contribution < 1.29 is 18.9 Å². The fraction of sp³-hybridized carbons (Fsp3) is 0.545. The van der Waals surface area contributed by atoms with E-state index < -0.39 is 7.82 Å². The minimum absolute atomic E-state index is 0.117. The van der Waals surface area contributed by atoms with Crippen LogP contribution in [0.2, 0.25) is 0 Å². The van der Waals surface area contributed by atoms with Crippen LogP contribution in [-0.2, 0) is 9.09 Å². The first-order valence-corrected chi connectivity index (χ1v) is 11.5. The Morgan fingerprint density at radius 2 is 1.22 bits per heavy atom. The van der Waals surface area contributed by atoms with E-state index in [1.165, 1.54) is 0 Å². The van der Waals surface area contributed by atoms with Gasteiger partial charge in [-0.25, -0.2) is 4.57 Å². The van der Waals surface area contributed by atoms with E-state index in [0.29, 0.717) is 0 Å². The zero-order valence-corrected chi connectivity index (χ0v) is 17.8. The van der Waals surface area contributed by atoms with Gasteiger partial charge < -0.3 is 9.79 Å². The number of phosphoric acid groups is 1. The van der Waals surface area contributed by atoms with Crippen molar-refractivity contribution >= 4 is 7.82 Å². The van der Waals surface area contributed by atoms with Crippen molar-refractivity contribution in [1.82, 2.24) is 0 Å². The number of allylic oxidation sites excluding steroid dienone is 10. The van der Waals surface area contributed by atoms with Crippen molar-refractivity contribution in [3.63, 3.8) is 0 Å². The summed E-state index contributed by atoms with van der Waals surface area (Å²) in [5.41, 5.74) is 0. The molecule has 0 rings (SSSR count). The first-order valence-electron chi connectivity index (χ1n) is 9.94. The van der Waals surface area contributed by atoms with Crippen LogP contribution < -0.4 is 0 Å². The zero-order valence-electron chi connectivity index (χ0n) is 16.9. The summed E-state index contributed by atoms with van der Waals surface area (Å²) in [6.07, 6.45) is 29.3. The molecule has 0 aromatic carbocycles. The number of hydrogen-bond acceptors (Lipinski definition) is 2. The van der Waals surface area contributed by atoms with Crippen LogP contribution in [0.5, 0.6) is 0 Å². The maximum absolute atomic E-state index is 10.7. The van der Waals surface area contributed by atoms with Crippen LogP contribution in [0.4, 0.5) is 0 Å². The average molecular weight is 397 g/mol. The van der Waals surface area contributed by atoms with Gasteiger partial charge in [0, 0.05) is 0 Å². The molecule has 0 radical (unpaired) electrons.